The monoisotopic (exact) mass is 341 g/mol. The Labute approximate surface area is 124 Å². The summed E-state index contributed by atoms with van der Waals surface area (Å²) >= 11 is 3.29. The van der Waals surface area contributed by atoms with Gasteiger partial charge in [-0.1, -0.05) is 22.0 Å². The summed E-state index contributed by atoms with van der Waals surface area (Å²) in [6.07, 6.45) is 0. The van der Waals surface area contributed by atoms with E-state index in [1.54, 1.807) is 19.2 Å². The number of benzene rings is 2. The van der Waals surface area contributed by atoms with E-state index in [2.05, 4.69) is 21.2 Å². The van der Waals surface area contributed by atoms with E-state index < -0.39 is 0 Å². The molecule has 1 N–H and O–H groups in total. The van der Waals surface area contributed by atoms with Gasteiger partial charge in [0.15, 0.2) is 0 Å². The first-order valence-corrected chi connectivity index (χ1v) is 6.89. The molecule has 0 fully saturated rings. The Hall–Kier alpha value is -1.46. The van der Waals surface area contributed by atoms with Crippen molar-refractivity contribution in [3.63, 3.8) is 0 Å². The summed E-state index contributed by atoms with van der Waals surface area (Å²) in [4.78, 5) is 0. The van der Waals surface area contributed by atoms with Crippen LogP contribution in [0.4, 0.5) is 8.78 Å². The molecule has 0 amide bonds. The highest BCUT2D eigenvalue weighted by Gasteiger charge is 2.07. The minimum atomic E-state index is -0.307. The molecule has 2 aromatic rings. The lowest BCUT2D eigenvalue weighted by Gasteiger charge is -2.12. The Morgan fingerprint density at radius 3 is 2.45 bits per heavy atom. The molecular formula is C15H14BrF2NO. The average molecular weight is 342 g/mol. The quantitative estimate of drug-likeness (QED) is 0.886. The molecule has 0 bridgehead atoms. The van der Waals surface area contributed by atoms with E-state index in [4.69, 9.17) is 4.74 Å². The Morgan fingerprint density at radius 1 is 1.05 bits per heavy atom. The van der Waals surface area contributed by atoms with Gasteiger partial charge < -0.3 is 10.1 Å². The van der Waals surface area contributed by atoms with Gasteiger partial charge in [0.2, 0.25) is 0 Å². The molecule has 0 unspecified atom stereocenters. The number of rotatable bonds is 5. The fourth-order valence-corrected chi connectivity index (χ4v) is 2.28. The summed E-state index contributed by atoms with van der Waals surface area (Å²) in [5, 5.41) is 2.96. The molecule has 0 aliphatic carbocycles. The van der Waals surface area contributed by atoms with Crippen molar-refractivity contribution in [3.8, 4) is 5.75 Å². The van der Waals surface area contributed by atoms with Gasteiger partial charge >= 0.3 is 0 Å². The fraction of sp³-hybridized carbons (Fsp3) is 0.200. The molecule has 0 aliphatic rings. The molecule has 0 aliphatic heterocycles. The molecule has 2 aromatic carbocycles. The lowest BCUT2D eigenvalue weighted by atomic mass is 10.2. The van der Waals surface area contributed by atoms with Gasteiger partial charge in [0.25, 0.3) is 0 Å². The smallest absolute Gasteiger partial charge is 0.124 e. The van der Waals surface area contributed by atoms with Crippen molar-refractivity contribution >= 4 is 15.9 Å². The lowest BCUT2D eigenvalue weighted by Crippen LogP contribution is -2.08. The number of hydrogen-bond acceptors (Lipinski definition) is 2. The summed E-state index contributed by atoms with van der Waals surface area (Å²) in [5.41, 5.74) is 1.57. The van der Waals surface area contributed by atoms with Crippen LogP contribution in [0.15, 0.2) is 40.9 Å². The van der Waals surface area contributed by atoms with Gasteiger partial charge in [-0.3, -0.25) is 0 Å². The highest BCUT2D eigenvalue weighted by molar-refractivity contribution is 9.10. The number of halogens is 3. The summed E-state index contributed by atoms with van der Waals surface area (Å²) in [5.74, 6) is 0.000756. The maximum absolute atomic E-state index is 13.2. The van der Waals surface area contributed by atoms with Crippen LogP contribution in [0.2, 0.25) is 0 Å². The molecule has 2 rings (SSSR count). The van der Waals surface area contributed by atoms with Crippen molar-refractivity contribution < 1.29 is 13.5 Å². The first-order valence-electron chi connectivity index (χ1n) is 6.10. The fourth-order valence-electron chi connectivity index (χ4n) is 1.81. The maximum atomic E-state index is 13.2. The van der Waals surface area contributed by atoms with E-state index in [0.29, 0.717) is 16.8 Å². The average Bonchev–Trinajstić information content (AvgIpc) is 2.40. The molecule has 0 saturated carbocycles. The number of ether oxygens (including phenoxy) is 1. The van der Waals surface area contributed by atoms with Gasteiger partial charge in [-0.15, -0.1) is 0 Å². The Bertz CT molecular complexity index is 604. The van der Waals surface area contributed by atoms with E-state index in [9.17, 15) is 8.78 Å². The summed E-state index contributed by atoms with van der Waals surface area (Å²) in [6.45, 7) is 0.793. The molecule has 0 spiro atoms. The van der Waals surface area contributed by atoms with Gasteiger partial charge in [-0.05, 0) is 37.4 Å². The van der Waals surface area contributed by atoms with Crippen LogP contribution in [0.25, 0.3) is 0 Å². The van der Waals surface area contributed by atoms with Crippen LogP contribution in [0.3, 0.4) is 0 Å². The zero-order valence-corrected chi connectivity index (χ0v) is 12.5. The summed E-state index contributed by atoms with van der Waals surface area (Å²) in [6, 6.07) is 8.81. The number of nitrogens with one attached hydrogen (secondary N) is 1. The summed E-state index contributed by atoms with van der Waals surface area (Å²) < 4.78 is 32.5. The first-order chi connectivity index (χ1) is 9.60. The van der Waals surface area contributed by atoms with Crippen molar-refractivity contribution in [1.82, 2.24) is 5.32 Å². The molecule has 106 valence electrons. The van der Waals surface area contributed by atoms with E-state index in [1.807, 2.05) is 0 Å². The Kier molecular flexibility index (Phi) is 5.09. The van der Waals surface area contributed by atoms with Crippen LogP contribution in [-0.2, 0) is 13.2 Å². The van der Waals surface area contributed by atoms with Crippen molar-refractivity contribution in [2.45, 2.75) is 13.2 Å². The standard InChI is InChI=1S/C15H14BrF2NO/c1-19-8-11-6-12(17)4-5-15(11)20-9-10-2-3-13(18)7-14(10)16/h2-7,19H,8-9H2,1H3. The highest BCUT2D eigenvalue weighted by Crippen LogP contribution is 2.23. The second kappa shape index (κ2) is 6.81. The molecule has 0 heterocycles. The lowest BCUT2D eigenvalue weighted by molar-refractivity contribution is 0.301. The topological polar surface area (TPSA) is 21.3 Å². The van der Waals surface area contributed by atoms with E-state index in [-0.39, 0.29) is 18.2 Å². The maximum Gasteiger partial charge on any atom is 0.124 e. The van der Waals surface area contributed by atoms with Gasteiger partial charge in [-0.25, -0.2) is 8.78 Å². The highest BCUT2D eigenvalue weighted by atomic mass is 79.9. The van der Waals surface area contributed by atoms with Crippen LogP contribution in [-0.4, -0.2) is 7.05 Å². The third-order valence-electron chi connectivity index (χ3n) is 2.79. The second-order valence-corrected chi connectivity index (χ2v) is 5.16. The molecule has 0 atom stereocenters. The molecule has 2 nitrogen and oxygen atoms in total. The van der Waals surface area contributed by atoms with Crippen LogP contribution in [0.1, 0.15) is 11.1 Å². The Balaban J connectivity index is 2.14. The molecule has 20 heavy (non-hydrogen) atoms. The zero-order chi connectivity index (χ0) is 14.5. The van der Waals surface area contributed by atoms with Crippen LogP contribution in [0, 0.1) is 11.6 Å². The molecule has 0 saturated heterocycles. The third-order valence-corrected chi connectivity index (χ3v) is 3.53. The van der Waals surface area contributed by atoms with Gasteiger partial charge in [-0.2, -0.15) is 0 Å². The van der Waals surface area contributed by atoms with Crippen molar-refractivity contribution in [2.24, 2.45) is 0 Å². The second-order valence-electron chi connectivity index (χ2n) is 4.31. The van der Waals surface area contributed by atoms with Crippen molar-refractivity contribution in [1.29, 1.82) is 0 Å². The minimum absolute atomic E-state index is 0.281. The van der Waals surface area contributed by atoms with Gasteiger partial charge in [0.05, 0.1) is 0 Å². The van der Waals surface area contributed by atoms with E-state index in [1.165, 1.54) is 24.3 Å². The minimum Gasteiger partial charge on any atom is -0.489 e. The molecular weight excluding hydrogens is 328 g/mol. The normalized spacial score (nSPS) is 10.6. The molecule has 0 aromatic heterocycles. The van der Waals surface area contributed by atoms with Gasteiger partial charge in [0.1, 0.15) is 24.0 Å². The molecule has 5 heteroatoms. The third kappa shape index (κ3) is 3.77. The van der Waals surface area contributed by atoms with Crippen molar-refractivity contribution in [3.05, 3.63) is 63.6 Å². The molecule has 0 radical (unpaired) electrons. The number of hydrogen-bond donors (Lipinski definition) is 1. The summed E-state index contributed by atoms with van der Waals surface area (Å²) in [7, 11) is 1.78. The van der Waals surface area contributed by atoms with Crippen LogP contribution >= 0.6 is 15.9 Å². The predicted octanol–water partition coefficient (Wildman–Crippen LogP) is 4.03. The van der Waals surface area contributed by atoms with E-state index >= 15 is 0 Å². The largest absolute Gasteiger partial charge is 0.489 e. The van der Waals surface area contributed by atoms with Crippen LogP contribution in [0.5, 0.6) is 5.75 Å². The van der Waals surface area contributed by atoms with E-state index in [0.717, 1.165) is 11.1 Å². The first kappa shape index (κ1) is 14.9. The predicted molar refractivity (Wildman–Crippen MR) is 77.6 cm³/mol. The Morgan fingerprint density at radius 2 is 1.75 bits per heavy atom. The van der Waals surface area contributed by atoms with Crippen molar-refractivity contribution in [2.75, 3.05) is 7.05 Å². The van der Waals surface area contributed by atoms with Gasteiger partial charge in [0, 0.05) is 22.1 Å². The van der Waals surface area contributed by atoms with Crippen LogP contribution < -0.4 is 10.1 Å². The zero-order valence-electron chi connectivity index (χ0n) is 10.9. The SMILES string of the molecule is CNCc1cc(F)ccc1OCc1ccc(F)cc1Br.